The van der Waals surface area contributed by atoms with Crippen LogP contribution in [-0.2, 0) is 29.9 Å². The molecule has 0 bridgehead atoms. The van der Waals surface area contributed by atoms with E-state index in [9.17, 15) is 20.1 Å². The number of carbonyl (C=O) groups is 2. The van der Waals surface area contributed by atoms with Crippen LogP contribution < -0.4 is 0 Å². The third-order valence-electron chi connectivity index (χ3n) is 5.45. The zero-order valence-corrected chi connectivity index (χ0v) is 18.0. The van der Waals surface area contributed by atoms with Crippen molar-refractivity contribution in [3.63, 3.8) is 0 Å². The van der Waals surface area contributed by atoms with E-state index in [0.717, 1.165) is 25.3 Å². The fraction of sp³-hybridized carbons (Fsp3) is 0.333. The van der Waals surface area contributed by atoms with Crippen LogP contribution in [0.3, 0.4) is 0 Å². The number of ether oxygens (including phenoxy) is 2. The molecule has 30 heavy (non-hydrogen) atoms. The molecule has 2 atom stereocenters. The smallest absolute Gasteiger partial charge is 0.333 e. The second kappa shape index (κ2) is 8.39. The lowest BCUT2D eigenvalue weighted by atomic mass is 9.56. The van der Waals surface area contributed by atoms with Crippen LogP contribution in [0, 0.1) is 50.4 Å². The Morgan fingerprint density at radius 2 is 1.07 bits per heavy atom. The summed E-state index contributed by atoms with van der Waals surface area (Å²) in [4.78, 5) is 26.6. The fourth-order valence-corrected chi connectivity index (χ4v) is 4.08. The van der Waals surface area contributed by atoms with Crippen molar-refractivity contribution >= 4 is 11.9 Å². The summed E-state index contributed by atoms with van der Waals surface area (Å²) in [6, 6.07) is 14.2. The molecule has 154 valence electrons. The first-order valence-electron chi connectivity index (χ1n) is 9.31. The van der Waals surface area contributed by atoms with E-state index in [0.29, 0.717) is 11.1 Å². The molecule has 2 aromatic rings. The van der Waals surface area contributed by atoms with Crippen LogP contribution in [0.25, 0.3) is 0 Å². The Labute approximate surface area is 176 Å². The third kappa shape index (κ3) is 3.11. The Bertz CT molecular complexity index is 1010. The van der Waals surface area contributed by atoms with Gasteiger partial charge in [-0.25, -0.2) is 9.59 Å². The van der Waals surface area contributed by atoms with Crippen molar-refractivity contribution in [2.45, 2.75) is 38.5 Å². The van der Waals surface area contributed by atoms with Gasteiger partial charge in [-0.15, -0.1) is 0 Å². The summed E-state index contributed by atoms with van der Waals surface area (Å²) in [6.45, 7) is 7.17. The predicted molar refractivity (Wildman–Crippen MR) is 110 cm³/mol. The summed E-state index contributed by atoms with van der Waals surface area (Å²) in [5.74, 6) is -2.02. The van der Waals surface area contributed by atoms with Crippen molar-refractivity contribution in [2.75, 3.05) is 14.2 Å². The standard InChI is InChI=1S/C24H24N2O4/c1-15-7-9-19(17(3)11-15)23(13-25,21(27)29-5)24(14-26,22(28)30-6)20-10-8-16(2)12-18(20)4/h7-12H,1-6H3. The molecule has 0 aliphatic carbocycles. The Morgan fingerprint density at radius 3 is 1.30 bits per heavy atom. The van der Waals surface area contributed by atoms with Gasteiger partial charge in [-0.3, -0.25) is 0 Å². The van der Waals surface area contributed by atoms with Crippen LogP contribution in [0.1, 0.15) is 33.4 Å². The van der Waals surface area contributed by atoms with E-state index in [1.54, 1.807) is 50.2 Å². The van der Waals surface area contributed by atoms with Crippen LogP contribution in [0.15, 0.2) is 36.4 Å². The van der Waals surface area contributed by atoms with Gasteiger partial charge in [-0.1, -0.05) is 47.5 Å². The van der Waals surface area contributed by atoms with Crippen LogP contribution in [0.2, 0.25) is 0 Å². The van der Waals surface area contributed by atoms with Gasteiger partial charge in [0, 0.05) is 0 Å². The number of hydrogen-bond acceptors (Lipinski definition) is 6. The number of rotatable bonds is 5. The number of hydrogen-bond donors (Lipinski definition) is 0. The van der Waals surface area contributed by atoms with Crippen molar-refractivity contribution in [3.05, 3.63) is 69.8 Å². The third-order valence-corrected chi connectivity index (χ3v) is 5.45. The molecule has 0 saturated carbocycles. The summed E-state index contributed by atoms with van der Waals surface area (Å²) >= 11 is 0. The molecule has 2 aromatic carbocycles. The highest BCUT2D eigenvalue weighted by Crippen LogP contribution is 2.48. The summed E-state index contributed by atoms with van der Waals surface area (Å²) < 4.78 is 10.0. The summed E-state index contributed by atoms with van der Waals surface area (Å²) in [5, 5.41) is 20.9. The first-order chi connectivity index (χ1) is 14.2. The SMILES string of the molecule is COC(=O)C(C#N)(c1ccc(C)cc1C)C(C#N)(C(=O)OC)c1ccc(C)cc1C. The Morgan fingerprint density at radius 1 is 0.733 bits per heavy atom. The normalized spacial score (nSPS) is 14.4. The van der Waals surface area contributed by atoms with Gasteiger partial charge in [0.05, 0.1) is 26.4 Å². The van der Waals surface area contributed by atoms with Crippen LogP contribution >= 0.6 is 0 Å². The monoisotopic (exact) mass is 404 g/mol. The minimum absolute atomic E-state index is 0.217. The average molecular weight is 404 g/mol. The van der Waals surface area contributed by atoms with Gasteiger partial charge in [-0.2, -0.15) is 10.5 Å². The highest BCUT2D eigenvalue weighted by atomic mass is 16.5. The number of nitriles is 2. The zero-order valence-electron chi connectivity index (χ0n) is 18.0. The van der Waals surface area contributed by atoms with Crippen molar-refractivity contribution in [1.29, 1.82) is 10.5 Å². The Kier molecular flexibility index (Phi) is 6.33. The largest absolute Gasteiger partial charge is 0.468 e. The molecule has 0 aromatic heterocycles. The van der Waals surface area contributed by atoms with Gasteiger partial charge in [0.1, 0.15) is 0 Å². The first-order valence-corrected chi connectivity index (χ1v) is 9.31. The van der Waals surface area contributed by atoms with E-state index in [-0.39, 0.29) is 11.1 Å². The number of carbonyl (C=O) groups excluding carboxylic acids is 2. The lowest BCUT2D eigenvalue weighted by molar-refractivity contribution is -0.157. The molecular formula is C24H24N2O4. The second-order valence-corrected chi connectivity index (χ2v) is 7.34. The van der Waals surface area contributed by atoms with Gasteiger partial charge in [0.25, 0.3) is 0 Å². The highest BCUT2D eigenvalue weighted by Gasteiger charge is 2.67. The molecule has 0 aliphatic heterocycles. The average Bonchev–Trinajstić information content (AvgIpc) is 2.72. The molecule has 0 spiro atoms. The van der Waals surface area contributed by atoms with E-state index in [2.05, 4.69) is 0 Å². The number of benzene rings is 2. The molecule has 0 heterocycles. The summed E-state index contributed by atoms with van der Waals surface area (Å²) in [7, 11) is 2.25. The lowest BCUT2D eigenvalue weighted by Crippen LogP contribution is -2.59. The Hall–Kier alpha value is -3.64. The zero-order chi connectivity index (χ0) is 22.7. The van der Waals surface area contributed by atoms with Gasteiger partial charge in [-0.05, 0) is 49.9 Å². The summed E-state index contributed by atoms with van der Waals surface area (Å²) in [6.07, 6.45) is 0. The number of methoxy groups -OCH3 is 2. The van der Waals surface area contributed by atoms with Crippen molar-refractivity contribution in [3.8, 4) is 12.1 Å². The lowest BCUT2D eigenvalue weighted by Gasteiger charge is -2.39. The summed E-state index contributed by atoms with van der Waals surface area (Å²) in [5.41, 5.74) is -1.18. The second-order valence-electron chi connectivity index (χ2n) is 7.34. The van der Waals surface area contributed by atoms with Crippen LogP contribution in [-0.4, -0.2) is 26.2 Å². The van der Waals surface area contributed by atoms with Crippen LogP contribution in [0.5, 0.6) is 0 Å². The van der Waals surface area contributed by atoms with E-state index in [1.807, 2.05) is 26.0 Å². The number of esters is 2. The minimum Gasteiger partial charge on any atom is -0.468 e. The van der Waals surface area contributed by atoms with Crippen molar-refractivity contribution in [1.82, 2.24) is 0 Å². The Balaban J connectivity index is 3.16. The molecule has 0 radical (unpaired) electrons. The molecule has 6 nitrogen and oxygen atoms in total. The predicted octanol–water partition coefficient (Wildman–Crippen LogP) is 3.49. The van der Waals surface area contributed by atoms with E-state index in [4.69, 9.17) is 9.47 Å². The molecule has 6 heteroatoms. The molecule has 2 rings (SSSR count). The minimum atomic E-state index is -2.29. The van der Waals surface area contributed by atoms with E-state index >= 15 is 0 Å². The van der Waals surface area contributed by atoms with Gasteiger partial charge in [0.2, 0.25) is 10.8 Å². The maximum atomic E-state index is 13.3. The first kappa shape index (κ1) is 22.6. The topological polar surface area (TPSA) is 100 Å². The fourth-order valence-electron chi connectivity index (χ4n) is 4.08. The van der Waals surface area contributed by atoms with Crippen LogP contribution in [0.4, 0.5) is 0 Å². The molecule has 0 fully saturated rings. The van der Waals surface area contributed by atoms with Gasteiger partial charge >= 0.3 is 11.9 Å². The number of nitrogens with zero attached hydrogens (tertiary/aromatic N) is 2. The molecule has 0 aliphatic rings. The quantitative estimate of drug-likeness (QED) is 0.707. The molecule has 0 amide bonds. The van der Waals surface area contributed by atoms with Crippen molar-refractivity contribution < 1.29 is 19.1 Å². The molecule has 0 saturated heterocycles. The van der Waals surface area contributed by atoms with Gasteiger partial charge in [0.15, 0.2) is 0 Å². The highest BCUT2D eigenvalue weighted by molar-refractivity contribution is 6.02. The van der Waals surface area contributed by atoms with Gasteiger partial charge < -0.3 is 9.47 Å². The maximum absolute atomic E-state index is 13.3. The maximum Gasteiger partial charge on any atom is 0.333 e. The number of aryl methyl sites for hydroxylation is 4. The molecule has 2 unspecified atom stereocenters. The molecular weight excluding hydrogens is 380 g/mol. The molecule has 0 N–H and O–H groups in total. The van der Waals surface area contributed by atoms with Crippen molar-refractivity contribution in [2.24, 2.45) is 0 Å². The van der Waals surface area contributed by atoms with E-state index in [1.165, 1.54) is 0 Å². The van der Waals surface area contributed by atoms with E-state index < -0.39 is 22.8 Å².